The van der Waals surface area contributed by atoms with Gasteiger partial charge in [0.15, 0.2) is 0 Å². The van der Waals surface area contributed by atoms with Crippen molar-refractivity contribution in [2.45, 2.75) is 39.0 Å². The van der Waals surface area contributed by atoms with E-state index in [0.29, 0.717) is 5.41 Å². The molecule has 0 amide bonds. The molecule has 1 atom stereocenters. The minimum absolute atomic E-state index is 0.304. The van der Waals surface area contributed by atoms with Crippen LogP contribution < -0.4 is 5.73 Å². The van der Waals surface area contributed by atoms with Crippen LogP contribution in [0.4, 0.5) is 0 Å². The van der Waals surface area contributed by atoms with Crippen molar-refractivity contribution in [1.82, 2.24) is 4.90 Å². The van der Waals surface area contributed by atoms with Crippen LogP contribution >= 0.6 is 0 Å². The Morgan fingerprint density at radius 1 is 1.26 bits per heavy atom. The van der Waals surface area contributed by atoms with Gasteiger partial charge in [-0.3, -0.25) is 0 Å². The molecule has 2 heteroatoms. The molecular weight excluding hydrogens is 232 g/mol. The maximum atomic E-state index is 5.78. The number of nitrogens with zero attached hydrogens (tertiary/aromatic N) is 1. The zero-order valence-corrected chi connectivity index (χ0v) is 12.4. The number of rotatable bonds is 6. The van der Waals surface area contributed by atoms with Gasteiger partial charge in [-0.05, 0) is 55.8 Å². The van der Waals surface area contributed by atoms with Crippen molar-refractivity contribution in [1.29, 1.82) is 0 Å². The molecule has 1 aliphatic rings. The van der Waals surface area contributed by atoms with Gasteiger partial charge < -0.3 is 10.6 Å². The van der Waals surface area contributed by atoms with Gasteiger partial charge in [-0.25, -0.2) is 0 Å². The Labute approximate surface area is 118 Å². The molecule has 0 radical (unpaired) electrons. The van der Waals surface area contributed by atoms with Crippen molar-refractivity contribution in [2.24, 2.45) is 11.1 Å². The molecule has 2 nitrogen and oxygen atoms in total. The topological polar surface area (TPSA) is 29.3 Å². The predicted molar refractivity (Wildman–Crippen MR) is 82.3 cm³/mol. The average molecular weight is 260 g/mol. The first kappa shape index (κ1) is 14.5. The zero-order chi connectivity index (χ0) is 13.7. The van der Waals surface area contributed by atoms with Crippen molar-refractivity contribution < 1.29 is 0 Å². The Morgan fingerprint density at radius 2 is 2.00 bits per heavy atom. The second kappa shape index (κ2) is 6.53. The Bertz CT molecular complexity index is 372. The van der Waals surface area contributed by atoms with Gasteiger partial charge in [-0.2, -0.15) is 0 Å². The fourth-order valence-corrected chi connectivity index (χ4v) is 2.92. The van der Waals surface area contributed by atoms with Crippen LogP contribution in [-0.2, 0) is 0 Å². The highest BCUT2D eigenvalue weighted by molar-refractivity contribution is 5.20. The summed E-state index contributed by atoms with van der Waals surface area (Å²) in [4.78, 5) is 2.62. The van der Waals surface area contributed by atoms with Crippen LogP contribution in [0.25, 0.3) is 0 Å². The molecule has 106 valence electrons. The molecule has 2 rings (SSSR count). The van der Waals surface area contributed by atoms with Crippen molar-refractivity contribution >= 4 is 0 Å². The minimum atomic E-state index is 0.304. The van der Waals surface area contributed by atoms with Crippen molar-refractivity contribution in [3.05, 3.63) is 35.9 Å². The van der Waals surface area contributed by atoms with E-state index in [1.165, 1.54) is 44.5 Å². The number of likely N-dealkylation sites (tertiary alicyclic amines) is 1. The van der Waals surface area contributed by atoms with Gasteiger partial charge in [0.1, 0.15) is 0 Å². The molecule has 0 saturated carbocycles. The summed E-state index contributed by atoms with van der Waals surface area (Å²) in [7, 11) is 0. The van der Waals surface area contributed by atoms with E-state index in [0.717, 1.165) is 12.5 Å². The predicted octanol–water partition coefficient (Wildman–Crippen LogP) is 3.24. The fraction of sp³-hybridized carbons (Fsp3) is 0.647. The summed E-state index contributed by atoms with van der Waals surface area (Å²) in [6.45, 7) is 9.04. The van der Waals surface area contributed by atoms with Gasteiger partial charge in [-0.1, -0.05) is 44.2 Å². The molecule has 1 aromatic rings. The molecule has 1 fully saturated rings. The van der Waals surface area contributed by atoms with Crippen LogP contribution in [0.15, 0.2) is 30.3 Å². The lowest BCUT2D eigenvalue weighted by atomic mass is 9.88. The molecule has 1 aromatic carbocycles. The van der Waals surface area contributed by atoms with Crippen LogP contribution in [-0.4, -0.2) is 31.1 Å². The van der Waals surface area contributed by atoms with E-state index in [1.807, 2.05) is 0 Å². The largest absolute Gasteiger partial charge is 0.330 e. The normalized spacial score (nSPS) is 20.9. The number of nitrogens with two attached hydrogens (primary N) is 1. The molecule has 19 heavy (non-hydrogen) atoms. The van der Waals surface area contributed by atoms with E-state index in [2.05, 4.69) is 49.1 Å². The maximum Gasteiger partial charge on any atom is 0.00507 e. The first-order valence-corrected chi connectivity index (χ1v) is 7.58. The molecule has 0 bridgehead atoms. The summed E-state index contributed by atoms with van der Waals surface area (Å²) in [5, 5.41) is 0. The number of benzene rings is 1. The number of hydrogen-bond acceptors (Lipinski definition) is 2. The molecule has 1 unspecified atom stereocenters. The first-order valence-electron chi connectivity index (χ1n) is 7.58. The maximum absolute atomic E-state index is 5.78. The van der Waals surface area contributed by atoms with Crippen molar-refractivity contribution in [2.75, 3.05) is 26.2 Å². The van der Waals surface area contributed by atoms with E-state index in [4.69, 9.17) is 5.73 Å². The third-order valence-electron chi connectivity index (χ3n) is 4.42. The summed E-state index contributed by atoms with van der Waals surface area (Å²) < 4.78 is 0. The minimum Gasteiger partial charge on any atom is -0.330 e. The van der Waals surface area contributed by atoms with E-state index < -0.39 is 0 Å². The van der Waals surface area contributed by atoms with Crippen LogP contribution in [0.3, 0.4) is 0 Å². The zero-order valence-electron chi connectivity index (χ0n) is 12.4. The number of hydrogen-bond donors (Lipinski definition) is 1. The highest BCUT2D eigenvalue weighted by atomic mass is 15.1. The molecule has 0 aliphatic carbocycles. The van der Waals surface area contributed by atoms with Crippen molar-refractivity contribution in [3.8, 4) is 0 Å². The Morgan fingerprint density at radius 3 is 2.68 bits per heavy atom. The highest BCUT2D eigenvalue weighted by Crippen LogP contribution is 2.28. The van der Waals surface area contributed by atoms with E-state index >= 15 is 0 Å². The third kappa shape index (κ3) is 4.32. The molecule has 1 saturated heterocycles. The Hall–Kier alpha value is -0.860. The second-order valence-electron chi connectivity index (χ2n) is 6.67. The fourth-order valence-electron chi connectivity index (χ4n) is 2.92. The van der Waals surface area contributed by atoms with Crippen LogP contribution in [0.5, 0.6) is 0 Å². The molecule has 0 aromatic heterocycles. The highest BCUT2D eigenvalue weighted by Gasteiger charge is 2.24. The molecule has 0 spiro atoms. The Balaban J connectivity index is 1.74. The summed E-state index contributed by atoms with van der Waals surface area (Å²) >= 11 is 0. The SMILES string of the molecule is CC(C)(CN)CCCN1CCC(c2ccccc2)C1. The summed E-state index contributed by atoms with van der Waals surface area (Å²) in [6.07, 6.45) is 3.81. The van der Waals surface area contributed by atoms with E-state index in [1.54, 1.807) is 0 Å². The van der Waals surface area contributed by atoms with Gasteiger partial charge >= 0.3 is 0 Å². The molecule has 1 heterocycles. The lowest BCUT2D eigenvalue weighted by molar-refractivity contribution is 0.277. The first-order chi connectivity index (χ1) is 9.11. The standard InChI is InChI=1S/C17H28N2/c1-17(2,14-18)10-6-11-19-12-9-16(13-19)15-7-4-3-5-8-15/h3-5,7-8,16H,6,9-14,18H2,1-2H3. The monoisotopic (exact) mass is 260 g/mol. The molecule has 2 N–H and O–H groups in total. The van der Waals surface area contributed by atoms with Gasteiger partial charge in [0.25, 0.3) is 0 Å². The summed E-state index contributed by atoms with van der Waals surface area (Å²) in [5.41, 5.74) is 7.60. The second-order valence-corrected chi connectivity index (χ2v) is 6.67. The average Bonchev–Trinajstić information content (AvgIpc) is 2.88. The molecule has 1 aliphatic heterocycles. The van der Waals surface area contributed by atoms with Crippen LogP contribution in [0, 0.1) is 5.41 Å². The quantitative estimate of drug-likeness (QED) is 0.851. The Kier molecular flexibility index (Phi) is 5.00. The van der Waals surface area contributed by atoms with Gasteiger partial charge in [0, 0.05) is 6.54 Å². The lowest BCUT2D eigenvalue weighted by Gasteiger charge is -2.24. The van der Waals surface area contributed by atoms with Gasteiger partial charge in [0.2, 0.25) is 0 Å². The van der Waals surface area contributed by atoms with E-state index in [9.17, 15) is 0 Å². The van der Waals surface area contributed by atoms with Gasteiger partial charge in [-0.15, -0.1) is 0 Å². The summed E-state index contributed by atoms with van der Waals surface area (Å²) in [5.74, 6) is 0.740. The van der Waals surface area contributed by atoms with Crippen LogP contribution in [0.1, 0.15) is 44.6 Å². The smallest absolute Gasteiger partial charge is 0.00507 e. The van der Waals surface area contributed by atoms with Crippen molar-refractivity contribution in [3.63, 3.8) is 0 Å². The third-order valence-corrected chi connectivity index (χ3v) is 4.42. The van der Waals surface area contributed by atoms with E-state index in [-0.39, 0.29) is 0 Å². The van der Waals surface area contributed by atoms with Gasteiger partial charge in [0.05, 0.1) is 0 Å². The lowest BCUT2D eigenvalue weighted by Crippen LogP contribution is -2.27. The summed E-state index contributed by atoms with van der Waals surface area (Å²) in [6, 6.07) is 11.0. The molecular formula is C17H28N2. The van der Waals surface area contributed by atoms with Crippen LogP contribution in [0.2, 0.25) is 0 Å².